The van der Waals surface area contributed by atoms with Crippen LogP contribution in [0.25, 0.3) is 0 Å². The second-order valence-electron chi connectivity index (χ2n) is 5.22. The van der Waals surface area contributed by atoms with Crippen molar-refractivity contribution in [1.29, 1.82) is 0 Å². The van der Waals surface area contributed by atoms with Crippen molar-refractivity contribution in [2.45, 2.75) is 19.9 Å². The van der Waals surface area contributed by atoms with Crippen LogP contribution in [-0.2, 0) is 4.79 Å². The van der Waals surface area contributed by atoms with E-state index in [1.807, 2.05) is 31.2 Å². The summed E-state index contributed by atoms with van der Waals surface area (Å²) in [6.07, 6.45) is 0. The first-order valence-electron chi connectivity index (χ1n) is 7.24. The Morgan fingerprint density at radius 3 is 2.61 bits per heavy atom. The van der Waals surface area contributed by atoms with Gasteiger partial charge in [-0.3, -0.25) is 9.59 Å². The predicted molar refractivity (Wildman–Crippen MR) is 92.6 cm³/mol. The zero-order valence-electron chi connectivity index (χ0n) is 13.0. The normalized spacial score (nSPS) is 11.6. The average molecular weight is 376 g/mol. The van der Waals surface area contributed by atoms with Crippen molar-refractivity contribution in [1.82, 2.24) is 5.32 Å². The van der Waals surface area contributed by atoms with Crippen molar-refractivity contribution in [3.8, 4) is 5.75 Å². The van der Waals surface area contributed by atoms with Crippen molar-refractivity contribution in [2.75, 3.05) is 6.61 Å². The minimum atomic E-state index is -0.217. The number of carbonyl (C=O) groups is 2. The molecule has 1 amide bonds. The van der Waals surface area contributed by atoms with Gasteiger partial charge in [-0.05, 0) is 43.7 Å². The molecule has 4 nitrogen and oxygen atoms in total. The van der Waals surface area contributed by atoms with Crippen molar-refractivity contribution in [3.63, 3.8) is 0 Å². The van der Waals surface area contributed by atoms with Crippen LogP contribution < -0.4 is 10.1 Å². The minimum absolute atomic E-state index is 0.0387. The molecule has 0 fully saturated rings. The number of amides is 1. The van der Waals surface area contributed by atoms with Crippen LogP contribution in [-0.4, -0.2) is 18.3 Å². The zero-order valence-corrected chi connectivity index (χ0v) is 14.6. The van der Waals surface area contributed by atoms with Crippen LogP contribution >= 0.6 is 15.9 Å². The van der Waals surface area contributed by atoms with Gasteiger partial charge in [-0.15, -0.1) is 0 Å². The number of benzene rings is 2. The molecule has 0 heterocycles. The van der Waals surface area contributed by atoms with E-state index in [2.05, 4.69) is 21.2 Å². The highest BCUT2D eigenvalue weighted by Gasteiger charge is 2.11. The summed E-state index contributed by atoms with van der Waals surface area (Å²) in [6.45, 7) is 3.31. The summed E-state index contributed by atoms with van der Waals surface area (Å²) in [5.41, 5.74) is 1.57. The van der Waals surface area contributed by atoms with Crippen molar-refractivity contribution in [2.24, 2.45) is 0 Å². The zero-order chi connectivity index (χ0) is 16.8. The molecule has 0 saturated carbocycles. The lowest BCUT2D eigenvalue weighted by Gasteiger charge is -2.15. The number of nitrogens with one attached hydrogen (secondary N) is 1. The summed E-state index contributed by atoms with van der Waals surface area (Å²) in [4.78, 5) is 23.3. The maximum absolute atomic E-state index is 12.0. The van der Waals surface area contributed by atoms with E-state index in [-0.39, 0.29) is 24.3 Å². The van der Waals surface area contributed by atoms with Gasteiger partial charge < -0.3 is 10.1 Å². The van der Waals surface area contributed by atoms with Crippen LogP contribution in [0.4, 0.5) is 0 Å². The molecule has 0 bridgehead atoms. The van der Waals surface area contributed by atoms with Crippen LogP contribution in [0.2, 0.25) is 0 Å². The van der Waals surface area contributed by atoms with Gasteiger partial charge in [0.05, 0.1) is 6.04 Å². The van der Waals surface area contributed by atoms with Gasteiger partial charge in [0.2, 0.25) is 0 Å². The van der Waals surface area contributed by atoms with E-state index in [9.17, 15) is 9.59 Å². The molecule has 1 atom stereocenters. The second-order valence-corrected chi connectivity index (χ2v) is 6.13. The molecule has 0 spiro atoms. The monoisotopic (exact) mass is 375 g/mol. The summed E-state index contributed by atoms with van der Waals surface area (Å²) in [5, 5.41) is 2.88. The van der Waals surface area contributed by atoms with Crippen LogP contribution in [0.15, 0.2) is 53.0 Å². The molecule has 2 aromatic carbocycles. The minimum Gasteiger partial charge on any atom is -0.484 e. The average Bonchev–Trinajstić information content (AvgIpc) is 2.53. The smallest absolute Gasteiger partial charge is 0.258 e. The van der Waals surface area contributed by atoms with E-state index in [4.69, 9.17) is 4.74 Å². The van der Waals surface area contributed by atoms with Gasteiger partial charge in [-0.1, -0.05) is 40.2 Å². The standard InChI is InChI=1S/C18H18BrNO3/c1-12(14-5-3-7-16(19)9-14)20-18(22)11-23-17-8-4-6-15(10-17)13(2)21/h3-10,12H,11H2,1-2H3,(H,20,22). The van der Waals surface area contributed by atoms with Crippen LogP contribution in [0.3, 0.4) is 0 Å². The first-order chi connectivity index (χ1) is 11.0. The lowest BCUT2D eigenvalue weighted by Crippen LogP contribution is -2.31. The molecule has 0 saturated heterocycles. The molecule has 1 unspecified atom stereocenters. The molecule has 2 aromatic rings. The number of halogens is 1. The van der Waals surface area contributed by atoms with Crippen molar-refractivity contribution >= 4 is 27.6 Å². The van der Waals surface area contributed by atoms with Gasteiger partial charge in [0.1, 0.15) is 5.75 Å². The lowest BCUT2D eigenvalue weighted by molar-refractivity contribution is -0.123. The molecule has 0 radical (unpaired) electrons. The number of rotatable bonds is 6. The summed E-state index contributed by atoms with van der Waals surface area (Å²) in [6, 6.07) is 14.4. The largest absolute Gasteiger partial charge is 0.484 e. The van der Waals surface area contributed by atoms with Gasteiger partial charge in [-0.2, -0.15) is 0 Å². The molecule has 0 aliphatic carbocycles. The molecule has 2 rings (SSSR count). The summed E-state index contributed by atoms with van der Waals surface area (Å²) < 4.78 is 6.41. The fourth-order valence-electron chi connectivity index (χ4n) is 2.10. The highest BCUT2D eigenvalue weighted by atomic mass is 79.9. The lowest BCUT2D eigenvalue weighted by atomic mass is 10.1. The van der Waals surface area contributed by atoms with E-state index in [0.717, 1.165) is 10.0 Å². The van der Waals surface area contributed by atoms with E-state index in [1.165, 1.54) is 6.92 Å². The Hall–Kier alpha value is -2.14. The van der Waals surface area contributed by atoms with Crippen molar-refractivity contribution in [3.05, 3.63) is 64.1 Å². The molecule has 5 heteroatoms. The molecule has 0 aliphatic heterocycles. The molecule has 1 N–H and O–H groups in total. The molecule has 0 aromatic heterocycles. The number of hydrogen-bond acceptors (Lipinski definition) is 3. The third-order valence-electron chi connectivity index (χ3n) is 3.34. The Labute approximate surface area is 144 Å². The van der Waals surface area contributed by atoms with Crippen LogP contribution in [0.1, 0.15) is 35.8 Å². The number of Topliss-reactive ketones (excluding diaryl/α,β-unsaturated/α-hetero) is 1. The summed E-state index contributed by atoms with van der Waals surface area (Å²) in [5.74, 6) is 0.247. The van der Waals surface area contributed by atoms with E-state index < -0.39 is 0 Å². The summed E-state index contributed by atoms with van der Waals surface area (Å²) in [7, 11) is 0. The Morgan fingerprint density at radius 1 is 1.17 bits per heavy atom. The third-order valence-corrected chi connectivity index (χ3v) is 3.83. The molecule has 0 aliphatic rings. The Bertz CT molecular complexity index is 715. The maximum Gasteiger partial charge on any atom is 0.258 e. The highest BCUT2D eigenvalue weighted by molar-refractivity contribution is 9.10. The number of carbonyl (C=O) groups excluding carboxylic acids is 2. The van der Waals surface area contributed by atoms with Gasteiger partial charge in [0.15, 0.2) is 12.4 Å². The number of hydrogen-bond donors (Lipinski definition) is 1. The molecular weight excluding hydrogens is 358 g/mol. The fourth-order valence-corrected chi connectivity index (χ4v) is 2.51. The highest BCUT2D eigenvalue weighted by Crippen LogP contribution is 2.18. The van der Waals surface area contributed by atoms with E-state index in [1.54, 1.807) is 24.3 Å². The van der Waals surface area contributed by atoms with Crippen molar-refractivity contribution < 1.29 is 14.3 Å². The number of ketones is 1. The van der Waals surface area contributed by atoms with E-state index >= 15 is 0 Å². The van der Waals surface area contributed by atoms with Crippen LogP contribution in [0, 0.1) is 0 Å². The Balaban J connectivity index is 1.90. The third kappa shape index (κ3) is 5.21. The van der Waals surface area contributed by atoms with Gasteiger partial charge >= 0.3 is 0 Å². The van der Waals surface area contributed by atoms with Crippen LogP contribution in [0.5, 0.6) is 5.75 Å². The quantitative estimate of drug-likeness (QED) is 0.778. The predicted octanol–water partition coefficient (Wildman–Crippen LogP) is 3.91. The van der Waals surface area contributed by atoms with Gasteiger partial charge in [0, 0.05) is 10.0 Å². The summed E-state index contributed by atoms with van der Waals surface area (Å²) >= 11 is 3.41. The Kier molecular flexibility index (Phi) is 5.93. The second kappa shape index (κ2) is 7.92. The first-order valence-corrected chi connectivity index (χ1v) is 8.03. The maximum atomic E-state index is 12.0. The SMILES string of the molecule is CC(=O)c1cccc(OCC(=O)NC(C)c2cccc(Br)c2)c1. The number of ether oxygens (including phenoxy) is 1. The first kappa shape index (κ1) is 17.2. The van der Waals surface area contributed by atoms with Gasteiger partial charge in [0.25, 0.3) is 5.91 Å². The Morgan fingerprint density at radius 2 is 1.91 bits per heavy atom. The fraction of sp³-hybridized carbons (Fsp3) is 0.222. The topological polar surface area (TPSA) is 55.4 Å². The van der Waals surface area contributed by atoms with E-state index in [0.29, 0.717) is 11.3 Å². The molecule has 120 valence electrons. The molecule has 23 heavy (non-hydrogen) atoms. The van der Waals surface area contributed by atoms with Gasteiger partial charge in [-0.25, -0.2) is 0 Å². The molecular formula is C18H18BrNO3.